The average Bonchev–Trinajstić information content (AvgIpc) is 2.64. The molecule has 0 spiro atoms. The molecule has 3 N–H and O–H groups in total. The Balaban J connectivity index is 1.99. The Bertz CT molecular complexity index is 904. The molecule has 0 heterocycles. The van der Waals surface area contributed by atoms with Gasteiger partial charge in [-0.3, -0.25) is 4.79 Å². The molecule has 0 radical (unpaired) electrons. The number of ether oxygens (including phenoxy) is 2. The maximum Gasteiger partial charge on any atom is 0.167 e. The number of phenolic OH excluding ortho intramolecular Hbond substituents is 2. The SMILES string of the molecule is COc1cc2c(cc1O)C1c3cc(OC)c(O)cc3C(=O)C(C2)C1CO. The van der Waals surface area contributed by atoms with Crippen LogP contribution in [-0.4, -0.2) is 41.9 Å². The number of phenols is 2. The third-order valence-electron chi connectivity index (χ3n) is 5.66. The predicted octanol–water partition coefficient (Wildman–Crippen LogP) is 2.22. The highest BCUT2D eigenvalue weighted by Crippen LogP contribution is 2.52. The van der Waals surface area contributed by atoms with Gasteiger partial charge >= 0.3 is 0 Å². The van der Waals surface area contributed by atoms with Crippen molar-refractivity contribution < 1.29 is 29.6 Å². The molecule has 26 heavy (non-hydrogen) atoms. The molecule has 6 heteroatoms. The summed E-state index contributed by atoms with van der Waals surface area (Å²) in [6.07, 6.45) is 0.457. The first-order valence-corrected chi connectivity index (χ1v) is 8.45. The fourth-order valence-electron chi connectivity index (χ4n) is 4.44. The van der Waals surface area contributed by atoms with Gasteiger partial charge in [-0.2, -0.15) is 0 Å². The number of hydrogen-bond donors (Lipinski definition) is 3. The lowest BCUT2D eigenvalue weighted by Crippen LogP contribution is -2.42. The molecule has 2 aromatic rings. The van der Waals surface area contributed by atoms with E-state index in [0.717, 1.165) is 11.1 Å². The molecule has 4 rings (SSSR count). The Kier molecular flexibility index (Phi) is 3.80. The van der Waals surface area contributed by atoms with Crippen molar-refractivity contribution in [1.82, 2.24) is 0 Å². The standard InChI is InChI=1S/C20H20O6/c1-25-17-4-9-3-12-14(8-21)19(10(9)5-15(17)22)11-7-18(26-2)16(23)6-13(11)20(12)24/h4-7,12,14,19,21-23H,3,8H2,1-2H3. The van der Waals surface area contributed by atoms with Gasteiger partial charge in [0, 0.05) is 29.9 Å². The van der Waals surface area contributed by atoms with E-state index in [4.69, 9.17) is 9.47 Å². The van der Waals surface area contributed by atoms with Gasteiger partial charge < -0.3 is 24.8 Å². The molecule has 2 aliphatic carbocycles. The number of aliphatic hydroxyl groups excluding tert-OH is 1. The van der Waals surface area contributed by atoms with E-state index in [9.17, 15) is 20.1 Å². The summed E-state index contributed by atoms with van der Waals surface area (Å²) >= 11 is 0. The van der Waals surface area contributed by atoms with Gasteiger partial charge in [-0.1, -0.05) is 0 Å². The second kappa shape index (κ2) is 5.92. The quantitative estimate of drug-likeness (QED) is 0.780. The molecule has 2 bridgehead atoms. The number of Topliss-reactive ketones (excluding diaryl/α,β-unsaturated/α-hetero) is 1. The van der Waals surface area contributed by atoms with Crippen molar-refractivity contribution in [2.24, 2.45) is 11.8 Å². The number of ketones is 1. The zero-order chi connectivity index (χ0) is 18.6. The van der Waals surface area contributed by atoms with Crippen LogP contribution in [0.25, 0.3) is 0 Å². The normalized spacial score (nSPS) is 23.2. The summed E-state index contributed by atoms with van der Waals surface area (Å²) < 4.78 is 10.4. The van der Waals surface area contributed by atoms with Crippen molar-refractivity contribution in [2.75, 3.05) is 20.8 Å². The van der Waals surface area contributed by atoms with Crippen LogP contribution < -0.4 is 9.47 Å². The minimum atomic E-state index is -0.382. The number of rotatable bonds is 3. The van der Waals surface area contributed by atoms with E-state index in [2.05, 4.69) is 0 Å². The Labute approximate surface area is 150 Å². The van der Waals surface area contributed by atoms with Gasteiger partial charge in [0.15, 0.2) is 28.8 Å². The summed E-state index contributed by atoms with van der Waals surface area (Å²) in [4.78, 5) is 13.0. The summed E-state index contributed by atoms with van der Waals surface area (Å²) in [5, 5.41) is 30.3. The molecular formula is C20H20O6. The van der Waals surface area contributed by atoms with Crippen LogP contribution in [0, 0.1) is 11.8 Å². The summed E-state index contributed by atoms with van der Waals surface area (Å²) in [5.74, 6) is -0.462. The second-order valence-corrected chi connectivity index (χ2v) is 6.83. The van der Waals surface area contributed by atoms with E-state index in [0.29, 0.717) is 23.3 Å². The highest BCUT2D eigenvalue weighted by atomic mass is 16.5. The highest BCUT2D eigenvalue weighted by molar-refractivity contribution is 6.02. The van der Waals surface area contributed by atoms with Crippen molar-refractivity contribution >= 4 is 5.78 Å². The Morgan fingerprint density at radius 3 is 2.31 bits per heavy atom. The maximum absolute atomic E-state index is 13.0. The molecule has 2 aromatic carbocycles. The first-order chi connectivity index (χ1) is 12.5. The van der Waals surface area contributed by atoms with Crippen molar-refractivity contribution in [1.29, 1.82) is 0 Å². The third kappa shape index (κ3) is 2.18. The Morgan fingerprint density at radius 2 is 1.65 bits per heavy atom. The smallest absolute Gasteiger partial charge is 0.167 e. The van der Waals surface area contributed by atoms with Gasteiger partial charge in [-0.05, 0) is 47.4 Å². The third-order valence-corrected chi connectivity index (χ3v) is 5.66. The minimum absolute atomic E-state index is 0.0191. The van der Waals surface area contributed by atoms with Gasteiger partial charge in [-0.25, -0.2) is 0 Å². The van der Waals surface area contributed by atoms with Gasteiger partial charge in [0.05, 0.1) is 14.2 Å². The summed E-state index contributed by atoms with van der Waals surface area (Å²) in [6, 6.07) is 6.51. The number of carbonyl (C=O) groups excluding carboxylic acids is 1. The van der Waals surface area contributed by atoms with Crippen LogP contribution in [-0.2, 0) is 6.42 Å². The number of benzene rings is 2. The largest absolute Gasteiger partial charge is 0.504 e. The van der Waals surface area contributed by atoms with Gasteiger partial charge in [0.2, 0.25) is 0 Å². The molecule has 0 aliphatic heterocycles. The van der Waals surface area contributed by atoms with Gasteiger partial charge in [-0.15, -0.1) is 0 Å². The van der Waals surface area contributed by atoms with E-state index in [1.54, 1.807) is 18.2 Å². The van der Waals surface area contributed by atoms with Gasteiger partial charge in [0.25, 0.3) is 0 Å². The minimum Gasteiger partial charge on any atom is -0.504 e. The summed E-state index contributed by atoms with van der Waals surface area (Å²) in [7, 11) is 2.93. The zero-order valence-corrected chi connectivity index (χ0v) is 14.5. The Hall–Kier alpha value is -2.73. The lowest BCUT2D eigenvalue weighted by atomic mass is 9.60. The number of methoxy groups -OCH3 is 2. The lowest BCUT2D eigenvalue weighted by Gasteiger charge is -2.43. The zero-order valence-electron chi connectivity index (χ0n) is 14.5. The van der Waals surface area contributed by atoms with Crippen LogP contribution in [0.4, 0.5) is 0 Å². The second-order valence-electron chi connectivity index (χ2n) is 6.83. The molecule has 0 fully saturated rings. The van der Waals surface area contributed by atoms with Crippen molar-refractivity contribution in [3.63, 3.8) is 0 Å². The molecular weight excluding hydrogens is 336 g/mol. The topological polar surface area (TPSA) is 96.2 Å². The number of aromatic hydroxyl groups is 2. The molecule has 0 saturated carbocycles. The number of hydrogen-bond acceptors (Lipinski definition) is 6. The van der Waals surface area contributed by atoms with Crippen LogP contribution in [0.3, 0.4) is 0 Å². The van der Waals surface area contributed by atoms with Crippen LogP contribution in [0.1, 0.15) is 33.0 Å². The molecule has 0 aromatic heterocycles. The van der Waals surface area contributed by atoms with Crippen LogP contribution in [0.15, 0.2) is 24.3 Å². The first kappa shape index (κ1) is 16.7. The number of aliphatic hydroxyl groups is 1. The summed E-state index contributed by atoms with van der Waals surface area (Å²) in [6.45, 7) is -0.143. The van der Waals surface area contributed by atoms with Gasteiger partial charge in [0.1, 0.15) is 0 Å². The molecule has 6 nitrogen and oxygen atoms in total. The van der Waals surface area contributed by atoms with E-state index in [-0.39, 0.29) is 47.4 Å². The monoisotopic (exact) mass is 356 g/mol. The Morgan fingerprint density at radius 1 is 1.00 bits per heavy atom. The molecule has 0 saturated heterocycles. The molecule has 2 aliphatic rings. The fourth-order valence-corrected chi connectivity index (χ4v) is 4.44. The van der Waals surface area contributed by atoms with Crippen LogP contribution >= 0.6 is 0 Å². The van der Waals surface area contributed by atoms with Crippen molar-refractivity contribution in [2.45, 2.75) is 12.3 Å². The number of carbonyl (C=O) groups is 1. The van der Waals surface area contributed by atoms with E-state index < -0.39 is 0 Å². The van der Waals surface area contributed by atoms with Crippen LogP contribution in [0.2, 0.25) is 0 Å². The molecule has 3 atom stereocenters. The van der Waals surface area contributed by atoms with E-state index in [1.807, 2.05) is 0 Å². The molecule has 0 amide bonds. The van der Waals surface area contributed by atoms with E-state index >= 15 is 0 Å². The van der Waals surface area contributed by atoms with E-state index in [1.165, 1.54) is 20.3 Å². The number of fused-ring (bicyclic) bond motifs is 6. The first-order valence-electron chi connectivity index (χ1n) is 8.45. The summed E-state index contributed by atoms with van der Waals surface area (Å²) in [5.41, 5.74) is 2.93. The fraction of sp³-hybridized carbons (Fsp3) is 0.350. The molecule has 136 valence electrons. The van der Waals surface area contributed by atoms with Crippen molar-refractivity contribution in [3.05, 3.63) is 46.5 Å². The van der Waals surface area contributed by atoms with Crippen molar-refractivity contribution in [3.8, 4) is 23.0 Å². The predicted molar refractivity (Wildman–Crippen MR) is 93.3 cm³/mol. The molecule has 3 unspecified atom stereocenters. The average molecular weight is 356 g/mol. The lowest BCUT2D eigenvalue weighted by molar-refractivity contribution is 0.0739. The van der Waals surface area contributed by atoms with Crippen LogP contribution in [0.5, 0.6) is 23.0 Å². The highest BCUT2D eigenvalue weighted by Gasteiger charge is 2.47. The maximum atomic E-state index is 13.0.